The lowest BCUT2D eigenvalue weighted by Crippen LogP contribution is -2.25. The zero-order valence-electron chi connectivity index (χ0n) is 16.6. The standard InChI is InChI=1S/C23H27ClO4/c1-5-14-26-20-10-6-18(7-11-20)23(3,4)19-8-12-21(13-9-19)27-16-22(15-24)28-17(2)25/h5-13,22H,1,14-16H2,2-4H3. The molecule has 0 saturated carbocycles. The highest BCUT2D eigenvalue weighted by Gasteiger charge is 2.23. The molecule has 0 saturated heterocycles. The number of ether oxygens (including phenoxy) is 3. The maximum Gasteiger partial charge on any atom is 0.303 e. The van der Waals surface area contributed by atoms with Gasteiger partial charge in [0.15, 0.2) is 0 Å². The van der Waals surface area contributed by atoms with E-state index in [1.807, 2.05) is 36.4 Å². The smallest absolute Gasteiger partial charge is 0.303 e. The quantitative estimate of drug-likeness (QED) is 0.415. The number of rotatable bonds is 10. The molecule has 0 aromatic heterocycles. The Hall–Kier alpha value is -2.20. The van der Waals surface area contributed by atoms with Crippen molar-refractivity contribution in [2.24, 2.45) is 0 Å². The van der Waals surface area contributed by atoms with Gasteiger partial charge in [0.05, 0.1) is 12.5 Å². The second-order valence-corrected chi connectivity index (χ2v) is 7.28. The molecule has 0 fully saturated rings. The van der Waals surface area contributed by atoms with Crippen LogP contribution in [0.1, 0.15) is 31.9 Å². The van der Waals surface area contributed by atoms with E-state index < -0.39 is 6.10 Å². The van der Waals surface area contributed by atoms with Crippen molar-refractivity contribution in [3.63, 3.8) is 0 Å². The van der Waals surface area contributed by atoms with E-state index in [-0.39, 0.29) is 23.9 Å². The average molecular weight is 403 g/mol. The molecule has 4 nitrogen and oxygen atoms in total. The number of hydrogen-bond donors (Lipinski definition) is 0. The highest BCUT2D eigenvalue weighted by Crippen LogP contribution is 2.33. The molecule has 0 bridgehead atoms. The van der Waals surface area contributed by atoms with E-state index in [1.165, 1.54) is 12.5 Å². The van der Waals surface area contributed by atoms with Crippen LogP contribution in [0.5, 0.6) is 11.5 Å². The largest absolute Gasteiger partial charge is 0.493 e. The van der Waals surface area contributed by atoms with Crippen LogP contribution in [0.15, 0.2) is 48.5 Å². The summed E-state index contributed by atoms with van der Waals surface area (Å²) in [5, 5.41) is 0. The van der Waals surface area contributed by atoms with E-state index in [4.69, 9.17) is 25.8 Å². The van der Waals surface area contributed by atoms with Crippen molar-refractivity contribution in [3.8, 4) is 11.5 Å². The molecule has 1 atom stereocenters. The van der Waals surface area contributed by atoms with Crippen molar-refractivity contribution in [3.05, 3.63) is 73.0 Å². The van der Waals surface area contributed by atoms with Crippen LogP contribution < -0.4 is 9.47 Å². The Labute approximate surface area is 172 Å². The Morgan fingerprint density at radius 1 is 1.04 bits per heavy atom. The predicted octanol–water partition coefficient (Wildman–Crippen LogP) is 4.98. The minimum absolute atomic E-state index is 0.175. The highest BCUT2D eigenvalue weighted by atomic mass is 35.5. The lowest BCUT2D eigenvalue weighted by atomic mass is 9.78. The minimum atomic E-state index is -0.461. The molecule has 150 valence electrons. The first-order chi connectivity index (χ1) is 13.4. The number of esters is 1. The average Bonchev–Trinajstić information content (AvgIpc) is 2.70. The summed E-state index contributed by atoms with van der Waals surface area (Å²) in [6.07, 6.45) is 1.26. The van der Waals surface area contributed by atoms with E-state index >= 15 is 0 Å². The Morgan fingerprint density at radius 2 is 1.54 bits per heavy atom. The summed E-state index contributed by atoms with van der Waals surface area (Å²) >= 11 is 5.80. The first-order valence-corrected chi connectivity index (χ1v) is 9.71. The fourth-order valence-corrected chi connectivity index (χ4v) is 2.94. The van der Waals surface area contributed by atoms with E-state index in [0.29, 0.717) is 12.4 Å². The summed E-state index contributed by atoms with van der Waals surface area (Å²) in [6, 6.07) is 16.0. The van der Waals surface area contributed by atoms with Crippen molar-refractivity contribution in [1.29, 1.82) is 0 Å². The van der Waals surface area contributed by atoms with Crippen LogP contribution in [0.4, 0.5) is 0 Å². The summed E-state index contributed by atoms with van der Waals surface area (Å²) in [7, 11) is 0. The third-order valence-electron chi connectivity index (χ3n) is 4.46. The minimum Gasteiger partial charge on any atom is -0.493 e. The van der Waals surface area contributed by atoms with Crippen LogP contribution in [0.2, 0.25) is 0 Å². The lowest BCUT2D eigenvalue weighted by Gasteiger charge is -2.26. The van der Waals surface area contributed by atoms with Crippen molar-refractivity contribution in [2.75, 3.05) is 19.1 Å². The Bertz CT molecular complexity index is 738. The van der Waals surface area contributed by atoms with Gasteiger partial charge in [-0.3, -0.25) is 4.79 Å². The molecular weight excluding hydrogens is 376 g/mol. The summed E-state index contributed by atoms with van der Waals surface area (Å²) in [6.45, 7) is 10.1. The van der Waals surface area contributed by atoms with Gasteiger partial charge in [0.2, 0.25) is 0 Å². The zero-order valence-corrected chi connectivity index (χ0v) is 17.4. The van der Waals surface area contributed by atoms with Crippen molar-refractivity contribution < 1.29 is 19.0 Å². The van der Waals surface area contributed by atoms with E-state index in [9.17, 15) is 4.79 Å². The predicted molar refractivity (Wildman–Crippen MR) is 112 cm³/mol. The van der Waals surface area contributed by atoms with Crippen LogP contribution in [0.25, 0.3) is 0 Å². The maximum atomic E-state index is 11.0. The van der Waals surface area contributed by atoms with Gasteiger partial charge in [0.25, 0.3) is 0 Å². The molecule has 0 aliphatic carbocycles. The summed E-state index contributed by atoms with van der Waals surface area (Å²) in [5.74, 6) is 1.35. The monoisotopic (exact) mass is 402 g/mol. The fraction of sp³-hybridized carbons (Fsp3) is 0.348. The first-order valence-electron chi connectivity index (χ1n) is 9.17. The second-order valence-electron chi connectivity index (χ2n) is 6.97. The van der Waals surface area contributed by atoms with Crippen molar-refractivity contribution in [1.82, 2.24) is 0 Å². The molecule has 0 heterocycles. The Kier molecular flexibility index (Phi) is 8.18. The third-order valence-corrected chi connectivity index (χ3v) is 4.80. The molecule has 0 aliphatic rings. The van der Waals surface area contributed by atoms with E-state index in [0.717, 1.165) is 11.3 Å². The van der Waals surface area contributed by atoms with Crippen molar-refractivity contribution >= 4 is 17.6 Å². The number of benzene rings is 2. The molecule has 28 heavy (non-hydrogen) atoms. The Morgan fingerprint density at radius 3 is 1.96 bits per heavy atom. The van der Waals surface area contributed by atoms with Gasteiger partial charge in [-0.25, -0.2) is 0 Å². The van der Waals surface area contributed by atoms with Crippen LogP contribution >= 0.6 is 11.6 Å². The van der Waals surface area contributed by atoms with Gasteiger partial charge in [-0.15, -0.1) is 11.6 Å². The van der Waals surface area contributed by atoms with Gasteiger partial charge >= 0.3 is 5.97 Å². The van der Waals surface area contributed by atoms with Crippen LogP contribution in [0, 0.1) is 13.3 Å². The highest BCUT2D eigenvalue weighted by molar-refractivity contribution is 6.18. The van der Waals surface area contributed by atoms with Crippen molar-refractivity contribution in [2.45, 2.75) is 32.3 Å². The lowest BCUT2D eigenvalue weighted by molar-refractivity contribution is -0.146. The molecule has 1 unspecified atom stereocenters. The first kappa shape index (κ1) is 22.1. The molecule has 2 aromatic carbocycles. The number of carbonyl (C=O) groups is 1. The van der Waals surface area contributed by atoms with Gasteiger partial charge in [-0.2, -0.15) is 0 Å². The normalized spacial score (nSPS) is 12.3. The Balaban J connectivity index is 2.03. The molecule has 0 aliphatic heterocycles. The van der Waals surface area contributed by atoms with Gasteiger partial charge in [-0.05, 0) is 48.7 Å². The SMILES string of the molecule is [CH2][CH]COc1ccc(C(C)(C)c2ccc(OCC(CCl)OC(C)=O)cc2)cc1. The van der Waals surface area contributed by atoms with Gasteiger partial charge < -0.3 is 14.2 Å². The second kappa shape index (κ2) is 10.4. The van der Waals surface area contributed by atoms with Crippen LogP contribution in [-0.2, 0) is 14.9 Å². The van der Waals surface area contributed by atoms with E-state index in [1.54, 1.807) is 6.42 Å². The summed E-state index contributed by atoms with van der Waals surface area (Å²) in [5.41, 5.74) is 2.17. The number of halogens is 1. The van der Waals surface area contributed by atoms with Gasteiger partial charge in [0, 0.05) is 12.3 Å². The van der Waals surface area contributed by atoms with Crippen LogP contribution in [0.3, 0.4) is 0 Å². The van der Waals surface area contributed by atoms with E-state index in [2.05, 4.69) is 32.9 Å². The van der Waals surface area contributed by atoms with Gasteiger partial charge in [-0.1, -0.05) is 38.1 Å². The number of alkyl halides is 1. The molecule has 0 amide bonds. The van der Waals surface area contributed by atoms with Gasteiger partial charge in [0.1, 0.15) is 24.2 Å². The molecule has 5 heteroatoms. The summed E-state index contributed by atoms with van der Waals surface area (Å²) < 4.78 is 16.3. The molecule has 2 rings (SSSR count). The maximum absolute atomic E-state index is 11.0. The molecule has 2 radical (unpaired) electrons. The number of hydrogen-bond acceptors (Lipinski definition) is 4. The fourth-order valence-electron chi connectivity index (χ4n) is 2.79. The molecule has 0 spiro atoms. The number of carbonyl (C=O) groups excluding carboxylic acids is 1. The molecule has 2 aromatic rings. The molecular formula is C23H27ClO4. The van der Waals surface area contributed by atoms with Crippen LogP contribution in [-0.4, -0.2) is 31.2 Å². The zero-order chi connectivity index (χ0) is 20.6. The summed E-state index contributed by atoms with van der Waals surface area (Å²) in [4.78, 5) is 11.0. The third kappa shape index (κ3) is 6.16. The topological polar surface area (TPSA) is 44.8 Å². The molecule has 0 N–H and O–H groups in total.